The van der Waals surface area contributed by atoms with Crippen LogP contribution in [0, 0.1) is 11.3 Å². The zero-order valence-electron chi connectivity index (χ0n) is 18.7. The molecule has 0 aliphatic heterocycles. The van der Waals surface area contributed by atoms with Crippen LogP contribution in [0.4, 0.5) is 0 Å². The quantitative estimate of drug-likeness (QED) is 0.295. The topological polar surface area (TPSA) is 97.4 Å². The zero-order chi connectivity index (χ0) is 24.2. The Hall–Kier alpha value is -4.02. The molecule has 0 saturated heterocycles. The molecule has 2 heterocycles. The summed E-state index contributed by atoms with van der Waals surface area (Å²) in [5.41, 5.74) is 2.04. The molecule has 0 aliphatic carbocycles. The lowest BCUT2D eigenvalue weighted by atomic mass is 10.1. The van der Waals surface area contributed by atoms with Crippen molar-refractivity contribution in [1.82, 2.24) is 9.55 Å². The van der Waals surface area contributed by atoms with Gasteiger partial charge in [0.25, 0.3) is 0 Å². The minimum absolute atomic E-state index is 0.0258. The molecule has 0 spiro atoms. The van der Waals surface area contributed by atoms with Gasteiger partial charge in [0.05, 0.1) is 17.7 Å². The lowest BCUT2D eigenvalue weighted by molar-refractivity contribution is 0.0687. The summed E-state index contributed by atoms with van der Waals surface area (Å²) in [4.78, 5) is 16.5. The first kappa shape index (κ1) is 23.1. The Labute approximate surface area is 201 Å². The van der Waals surface area contributed by atoms with Crippen molar-refractivity contribution in [2.75, 3.05) is 0 Å². The Kier molecular flexibility index (Phi) is 6.71. The number of aromatic nitrogens is 2. The Bertz CT molecular complexity index is 1390. The van der Waals surface area contributed by atoms with E-state index in [-0.39, 0.29) is 24.6 Å². The molecular weight excluding hydrogens is 454 g/mol. The third kappa shape index (κ3) is 4.82. The largest absolute Gasteiger partial charge is 0.491 e. The van der Waals surface area contributed by atoms with Crippen molar-refractivity contribution in [3.8, 4) is 29.1 Å². The monoisotopic (exact) mass is 475 g/mol. The van der Waals surface area contributed by atoms with Crippen molar-refractivity contribution in [2.45, 2.75) is 32.8 Å². The van der Waals surface area contributed by atoms with Crippen LogP contribution in [0.25, 0.3) is 16.6 Å². The summed E-state index contributed by atoms with van der Waals surface area (Å²) in [5.74, 6) is 0.423. The molecule has 4 rings (SSSR count). The minimum atomic E-state index is -1.08. The highest BCUT2D eigenvalue weighted by Crippen LogP contribution is 2.35. The predicted octanol–water partition coefficient (Wildman–Crippen LogP) is 6.41. The van der Waals surface area contributed by atoms with Gasteiger partial charge in [-0.3, -0.25) is 0 Å². The molecule has 34 heavy (non-hydrogen) atoms. The maximum Gasteiger partial charge on any atom is 0.353 e. The second-order valence-electron chi connectivity index (χ2n) is 7.87. The number of fused-ring (bicyclic) bond motifs is 1. The van der Waals surface area contributed by atoms with E-state index in [0.717, 1.165) is 0 Å². The number of nitrogens with zero attached hydrogens (tertiary/aromatic N) is 3. The second kappa shape index (κ2) is 9.86. The molecule has 8 heteroatoms. The number of carboxylic acids is 1. The summed E-state index contributed by atoms with van der Waals surface area (Å²) in [5, 5.41) is 20.3. The van der Waals surface area contributed by atoms with E-state index in [1.807, 2.05) is 38.1 Å². The Balaban J connectivity index is 1.86. The van der Waals surface area contributed by atoms with Crippen LogP contribution in [-0.4, -0.2) is 26.7 Å². The smallest absolute Gasteiger partial charge is 0.353 e. The number of aryl methyl sites for hydroxylation is 1. The summed E-state index contributed by atoms with van der Waals surface area (Å²) >= 11 is 5.95. The van der Waals surface area contributed by atoms with Gasteiger partial charge in [-0.15, -0.1) is 0 Å². The third-order valence-electron chi connectivity index (χ3n) is 5.11. The van der Waals surface area contributed by atoms with Gasteiger partial charge in [0, 0.05) is 23.6 Å². The van der Waals surface area contributed by atoms with Crippen molar-refractivity contribution in [3.05, 3.63) is 77.1 Å². The number of pyridine rings is 1. The number of hydrogen-bond donors (Lipinski definition) is 1. The molecule has 0 unspecified atom stereocenters. The molecule has 0 radical (unpaired) electrons. The fourth-order valence-corrected chi connectivity index (χ4v) is 3.99. The van der Waals surface area contributed by atoms with E-state index in [9.17, 15) is 9.90 Å². The number of ether oxygens (including phenoxy) is 2. The van der Waals surface area contributed by atoms with E-state index in [2.05, 4.69) is 11.1 Å². The van der Waals surface area contributed by atoms with Gasteiger partial charge >= 0.3 is 5.97 Å². The van der Waals surface area contributed by atoms with Gasteiger partial charge in [0.1, 0.15) is 22.3 Å². The summed E-state index contributed by atoms with van der Waals surface area (Å²) in [6.07, 6.45) is 0.495. The van der Waals surface area contributed by atoms with Crippen molar-refractivity contribution < 1.29 is 19.4 Å². The van der Waals surface area contributed by atoms with E-state index in [1.54, 1.807) is 41.0 Å². The highest BCUT2D eigenvalue weighted by Gasteiger charge is 2.24. The van der Waals surface area contributed by atoms with E-state index in [0.29, 0.717) is 44.7 Å². The van der Waals surface area contributed by atoms with Crippen molar-refractivity contribution in [3.63, 3.8) is 0 Å². The number of halogens is 1. The predicted molar refractivity (Wildman–Crippen MR) is 129 cm³/mol. The van der Waals surface area contributed by atoms with Crippen molar-refractivity contribution in [2.24, 2.45) is 0 Å². The van der Waals surface area contributed by atoms with Crippen LogP contribution >= 0.6 is 11.6 Å². The molecule has 0 amide bonds. The lowest BCUT2D eigenvalue weighted by Gasteiger charge is -2.12. The number of aromatic carboxylic acids is 1. The van der Waals surface area contributed by atoms with Crippen LogP contribution in [0.2, 0.25) is 5.15 Å². The number of nitriles is 1. The molecule has 0 bridgehead atoms. The fourth-order valence-electron chi connectivity index (χ4n) is 3.84. The first-order chi connectivity index (χ1) is 16.4. The van der Waals surface area contributed by atoms with Gasteiger partial charge in [0.2, 0.25) is 5.88 Å². The number of benzene rings is 2. The van der Waals surface area contributed by atoms with Gasteiger partial charge in [-0.1, -0.05) is 17.7 Å². The summed E-state index contributed by atoms with van der Waals surface area (Å²) in [6, 6.07) is 19.7. The van der Waals surface area contributed by atoms with Gasteiger partial charge in [-0.2, -0.15) is 5.26 Å². The summed E-state index contributed by atoms with van der Waals surface area (Å²) < 4.78 is 13.3. The molecule has 2 aromatic carbocycles. The number of carbonyl (C=O) groups is 1. The number of rotatable bonds is 8. The van der Waals surface area contributed by atoms with Gasteiger partial charge in [-0.05, 0) is 74.4 Å². The Morgan fingerprint density at radius 3 is 2.53 bits per heavy atom. The molecule has 1 N–H and O–H groups in total. The fraction of sp³-hybridized carbons (Fsp3) is 0.192. The summed E-state index contributed by atoms with van der Waals surface area (Å²) in [7, 11) is 0. The van der Waals surface area contributed by atoms with E-state index in [4.69, 9.17) is 26.3 Å². The molecular formula is C26H22ClN3O4. The van der Waals surface area contributed by atoms with E-state index in [1.165, 1.54) is 0 Å². The van der Waals surface area contributed by atoms with Crippen molar-refractivity contribution >= 4 is 28.5 Å². The van der Waals surface area contributed by atoms with E-state index < -0.39 is 5.97 Å². The first-order valence-electron chi connectivity index (χ1n) is 10.7. The highest BCUT2D eigenvalue weighted by atomic mass is 35.5. The molecule has 0 atom stereocenters. The minimum Gasteiger partial charge on any atom is -0.491 e. The normalized spacial score (nSPS) is 10.9. The molecule has 0 aliphatic rings. The molecule has 172 valence electrons. The average Bonchev–Trinajstić information content (AvgIpc) is 3.11. The highest BCUT2D eigenvalue weighted by molar-refractivity contribution is 6.29. The molecule has 2 aromatic heterocycles. The molecule has 0 saturated carbocycles. The number of hydrogen-bond acceptors (Lipinski definition) is 5. The summed E-state index contributed by atoms with van der Waals surface area (Å²) in [6.45, 7) is 3.88. The van der Waals surface area contributed by atoms with Crippen LogP contribution in [0.5, 0.6) is 17.4 Å². The zero-order valence-corrected chi connectivity index (χ0v) is 19.4. The van der Waals surface area contributed by atoms with Crippen LogP contribution in [0.1, 0.15) is 36.3 Å². The second-order valence-corrected chi connectivity index (χ2v) is 8.25. The SMILES string of the molecule is CC(C)Oc1ccc(-n2c(C(=O)O)c(CCC#N)c3cc(Oc4cccc(Cl)n4)ccc32)cc1. The lowest BCUT2D eigenvalue weighted by Crippen LogP contribution is -2.09. The van der Waals surface area contributed by atoms with Crippen LogP contribution in [-0.2, 0) is 6.42 Å². The van der Waals surface area contributed by atoms with Crippen molar-refractivity contribution in [1.29, 1.82) is 5.26 Å². The maximum atomic E-state index is 12.4. The number of carboxylic acid groups (broad SMARTS) is 1. The Morgan fingerprint density at radius 2 is 1.88 bits per heavy atom. The van der Waals surface area contributed by atoms with Crippen LogP contribution < -0.4 is 9.47 Å². The Morgan fingerprint density at radius 1 is 1.15 bits per heavy atom. The van der Waals surface area contributed by atoms with Gasteiger partial charge in [0.15, 0.2) is 0 Å². The van der Waals surface area contributed by atoms with Crippen LogP contribution in [0.15, 0.2) is 60.7 Å². The maximum absolute atomic E-state index is 12.4. The van der Waals surface area contributed by atoms with Gasteiger partial charge in [-0.25, -0.2) is 9.78 Å². The standard InChI is InChI=1S/C26H22ClN3O4/c1-16(2)33-18-10-8-17(9-11-18)30-22-13-12-19(34-24-7-3-6-23(27)29-24)15-21(22)20(5-4-14-28)25(30)26(31)32/h3,6-13,15-16H,4-5H2,1-2H3,(H,31,32). The van der Waals surface area contributed by atoms with Gasteiger partial charge < -0.3 is 19.1 Å². The first-order valence-corrected chi connectivity index (χ1v) is 11.1. The van der Waals surface area contributed by atoms with E-state index >= 15 is 0 Å². The molecule has 4 aromatic rings. The molecule has 7 nitrogen and oxygen atoms in total. The molecule has 0 fully saturated rings. The van der Waals surface area contributed by atoms with Crippen LogP contribution in [0.3, 0.4) is 0 Å². The average molecular weight is 476 g/mol. The third-order valence-corrected chi connectivity index (χ3v) is 5.32.